The van der Waals surface area contributed by atoms with E-state index in [-0.39, 0.29) is 28.9 Å². The fourth-order valence-corrected chi connectivity index (χ4v) is 4.93. The maximum absolute atomic E-state index is 12.1. The van der Waals surface area contributed by atoms with Crippen LogP contribution in [0.25, 0.3) is 0 Å². The zero-order valence-electron chi connectivity index (χ0n) is 12.2. The first-order chi connectivity index (χ1) is 9.37. The minimum atomic E-state index is -3.11. The van der Waals surface area contributed by atoms with Crippen molar-refractivity contribution in [1.82, 2.24) is 5.32 Å². The van der Waals surface area contributed by atoms with Crippen LogP contribution >= 0.6 is 0 Å². The Labute approximate surface area is 121 Å². The summed E-state index contributed by atoms with van der Waals surface area (Å²) in [7, 11) is -3.11. The van der Waals surface area contributed by atoms with E-state index in [0.29, 0.717) is 12.5 Å². The van der Waals surface area contributed by atoms with E-state index >= 15 is 0 Å². The van der Waals surface area contributed by atoms with E-state index < -0.39 is 9.84 Å². The van der Waals surface area contributed by atoms with E-state index in [1.165, 1.54) is 0 Å². The van der Waals surface area contributed by atoms with E-state index in [1.807, 2.05) is 6.92 Å². The summed E-state index contributed by atoms with van der Waals surface area (Å²) in [5.74, 6) is 0.226. The highest BCUT2D eigenvalue weighted by Gasteiger charge is 2.41. The second kappa shape index (κ2) is 6.02. The van der Waals surface area contributed by atoms with E-state index in [0.717, 1.165) is 38.5 Å². The molecular formula is C14H26N2O3S. The highest BCUT2D eigenvalue weighted by molar-refractivity contribution is 7.92. The van der Waals surface area contributed by atoms with Crippen molar-refractivity contribution in [3.8, 4) is 0 Å². The van der Waals surface area contributed by atoms with Gasteiger partial charge in [0.05, 0.1) is 16.5 Å². The van der Waals surface area contributed by atoms with Crippen LogP contribution < -0.4 is 11.1 Å². The van der Waals surface area contributed by atoms with Gasteiger partial charge in [-0.25, -0.2) is 8.42 Å². The molecular weight excluding hydrogens is 276 g/mol. The maximum atomic E-state index is 12.1. The number of nitrogens with two attached hydrogens (primary N) is 1. The summed E-state index contributed by atoms with van der Waals surface area (Å²) >= 11 is 0. The Bertz CT molecular complexity index is 453. The molecule has 0 aliphatic heterocycles. The molecule has 2 fully saturated rings. The van der Waals surface area contributed by atoms with Crippen LogP contribution in [0.3, 0.4) is 0 Å². The fraction of sp³-hybridized carbons (Fsp3) is 0.929. The summed E-state index contributed by atoms with van der Waals surface area (Å²) in [4.78, 5) is 12.0. The van der Waals surface area contributed by atoms with Gasteiger partial charge in [0.2, 0.25) is 5.91 Å². The number of rotatable bonds is 7. The standard InChI is InChI=1S/C14H26N2O3S/c1-14(10-15,11-6-7-11)16-13(17)8-9-20(18,19)12-4-2-3-5-12/h11-12H,2-10,15H2,1H3,(H,16,17). The van der Waals surface area contributed by atoms with E-state index in [1.54, 1.807) is 0 Å². The van der Waals surface area contributed by atoms with Gasteiger partial charge in [-0.1, -0.05) is 12.8 Å². The van der Waals surface area contributed by atoms with Crippen molar-refractivity contribution in [3.63, 3.8) is 0 Å². The third-order valence-electron chi connectivity index (χ3n) is 4.75. The molecule has 2 aliphatic rings. The number of hydrogen-bond donors (Lipinski definition) is 2. The Morgan fingerprint density at radius 1 is 1.25 bits per heavy atom. The minimum Gasteiger partial charge on any atom is -0.349 e. The molecule has 6 heteroatoms. The molecule has 0 aromatic carbocycles. The number of hydrogen-bond acceptors (Lipinski definition) is 4. The van der Waals surface area contributed by atoms with Crippen molar-refractivity contribution in [1.29, 1.82) is 0 Å². The van der Waals surface area contributed by atoms with Gasteiger partial charge in [-0.2, -0.15) is 0 Å². The Hall–Kier alpha value is -0.620. The van der Waals surface area contributed by atoms with Crippen LogP contribution in [-0.2, 0) is 14.6 Å². The quantitative estimate of drug-likeness (QED) is 0.733. The first kappa shape index (κ1) is 15.8. The van der Waals surface area contributed by atoms with Crippen molar-refractivity contribution in [2.45, 2.75) is 62.7 Å². The van der Waals surface area contributed by atoms with Gasteiger partial charge >= 0.3 is 0 Å². The highest BCUT2D eigenvalue weighted by Crippen LogP contribution is 2.39. The van der Waals surface area contributed by atoms with Gasteiger partial charge in [0.1, 0.15) is 0 Å². The zero-order valence-corrected chi connectivity index (χ0v) is 13.0. The lowest BCUT2D eigenvalue weighted by Crippen LogP contribution is -2.53. The molecule has 0 radical (unpaired) electrons. The smallest absolute Gasteiger partial charge is 0.221 e. The van der Waals surface area contributed by atoms with Gasteiger partial charge in [0.25, 0.3) is 0 Å². The molecule has 0 aromatic rings. The molecule has 3 N–H and O–H groups in total. The predicted molar refractivity (Wildman–Crippen MR) is 79.0 cm³/mol. The van der Waals surface area contributed by atoms with Gasteiger partial charge in [0, 0.05) is 13.0 Å². The van der Waals surface area contributed by atoms with Crippen molar-refractivity contribution in [3.05, 3.63) is 0 Å². The van der Waals surface area contributed by atoms with Crippen molar-refractivity contribution in [2.75, 3.05) is 12.3 Å². The molecule has 0 heterocycles. The molecule has 1 unspecified atom stereocenters. The van der Waals surface area contributed by atoms with Gasteiger partial charge in [0.15, 0.2) is 9.84 Å². The summed E-state index contributed by atoms with van der Waals surface area (Å²) in [5.41, 5.74) is 5.38. The summed E-state index contributed by atoms with van der Waals surface area (Å²) in [5, 5.41) is 2.72. The van der Waals surface area contributed by atoms with Gasteiger partial charge in [-0.15, -0.1) is 0 Å². The lowest BCUT2D eigenvalue weighted by Gasteiger charge is -2.29. The molecule has 2 aliphatic carbocycles. The first-order valence-electron chi connectivity index (χ1n) is 7.60. The molecule has 116 valence electrons. The Kier molecular flexibility index (Phi) is 4.74. The third kappa shape index (κ3) is 3.73. The second-order valence-corrected chi connectivity index (χ2v) is 8.87. The summed E-state index contributed by atoms with van der Waals surface area (Å²) in [6, 6.07) is 0. The first-order valence-corrected chi connectivity index (χ1v) is 9.31. The molecule has 1 amide bonds. The van der Waals surface area contributed by atoms with E-state index in [4.69, 9.17) is 5.73 Å². The summed E-state index contributed by atoms with van der Waals surface area (Å²) in [6.07, 6.45) is 5.73. The van der Waals surface area contributed by atoms with Crippen LogP contribution in [0.4, 0.5) is 0 Å². The van der Waals surface area contributed by atoms with Crippen LogP contribution in [0.2, 0.25) is 0 Å². The van der Waals surface area contributed by atoms with Crippen LogP contribution in [0.1, 0.15) is 51.9 Å². The molecule has 0 saturated heterocycles. The average Bonchev–Trinajstić information content (AvgIpc) is 3.12. The Morgan fingerprint density at radius 3 is 2.35 bits per heavy atom. The Balaban J connectivity index is 1.82. The monoisotopic (exact) mass is 302 g/mol. The van der Waals surface area contributed by atoms with Crippen LogP contribution in [0, 0.1) is 5.92 Å². The molecule has 20 heavy (non-hydrogen) atoms. The number of nitrogens with one attached hydrogen (secondary N) is 1. The lowest BCUT2D eigenvalue weighted by atomic mass is 9.96. The van der Waals surface area contributed by atoms with E-state index in [2.05, 4.69) is 5.32 Å². The molecule has 0 aromatic heterocycles. The largest absolute Gasteiger partial charge is 0.349 e. The van der Waals surface area contributed by atoms with Crippen LogP contribution in [0.15, 0.2) is 0 Å². The minimum absolute atomic E-state index is 0.0329. The molecule has 5 nitrogen and oxygen atoms in total. The highest BCUT2D eigenvalue weighted by atomic mass is 32.2. The molecule has 0 spiro atoms. The van der Waals surface area contributed by atoms with Crippen molar-refractivity contribution < 1.29 is 13.2 Å². The summed E-state index contributed by atoms with van der Waals surface area (Å²) in [6.45, 7) is 2.35. The zero-order chi connectivity index (χ0) is 14.8. The van der Waals surface area contributed by atoms with E-state index in [9.17, 15) is 13.2 Å². The predicted octanol–water partition coefficient (Wildman–Crippen LogP) is 0.978. The lowest BCUT2D eigenvalue weighted by molar-refractivity contribution is -0.122. The van der Waals surface area contributed by atoms with Gasteiger partial charge < -0.3 is 11.1 Å². The molecule has 0 bridgehead atoms. The number of carbonyl (C=O) groups excluding carboxylic acids is 1. The van der Waals surface area contributed by atoms with Gasteiger partial charge in [-0.3, -0.25) is 4.79 Å². The number of carbonyl (C=O) groups is 1. The van der Waals surface area contributed by atoms with Crippen molar-refractivity contribution >= 4 is 15.7 Å². The summed E-state index contributed by atoms with van der Waals surface area (Å²) < 4.78 is 24.2. The number of amides is 1. The van der Waals surface area contributed by atoms with Gasteiger partial charge in [-0.05, 0) is 38.5 Å². The fourth-order valence-electron chi connectivity index (χ4n) is 3.07. The average molecular weight is 302 g/mol. The normalized spacial score (nSPS) is 23.5. The van der Waals surface area contributed by atoms with Crippen molar-refractivity contribution in [2.24, 2.45) is 11.7 Å². The molecule has 2 rings (SSSR count). The third-order valence-corrected chi connectivity index (χ3v) is 7.01. The topological polar surface area (TPSA) is 89.3 Å². The number of sulfone groups is 1. The van der Waals surface area contributed by atoms with Crippen LogP contribution in [0.5, 0.6) is 0 Å². The van der Waals surface area contributed by atoms with Crippen LogP contribution in [-0.4, -0.2) is 37.4 Å². The molecule has 1 atom stereocenters. The maximum Gasteiger partial charge on any atom is 0.221 e. The second-order valence-electron chi connectivity index (χ2n) is 6.47. The Morgan fingerprint density at radius 2 is 1.85 bits per heavy atom. The molecule has 2 saturated carbocycles. The SMILES string of the molecule is CC(CN)(NC(=O)CCS(=O)(=O)C1CCCC1)C1CC1.